The van der Waals surface area contributed by atoms with Gasteiger partial charge in [0, 0.05) is 29.1 Å². The van der Waals surface area contributed by atoms with Crippen LogP contribution < -0.4 is 10.5 Å². The number of methoxy groups -OCH3 is 1. The predicted octanol–water partition coefficient (Wildman–Crippen LogP) is 2.23. The molecule has 0 amide bonds. The molecule has 0 aliphatic heterocycles. The Kier molecular flexibility index (Phi) is 4.30. The number of aryl methyl sites for hydroxylation is 1. The number of nitrogens with two attached hydrogens (primary N) is 1. The summed E-state index contributed by atoms with van der Waals surface area (Å²) in [6.45, 7) is 8.25. The number of hydrogen-bond donors (Lipinski definition) is 1. The minimum atomic E-state index is 0.188. The number of rotatable bonds is 4. The van der Waals surface area contributed by atoms with Gasteiger partial charge in [0.1, 0.15) is 5.75 Å². The zero-order valence-corrected chi connectivity index (χ0v) is 10.9. The quantitative estimate of drug-likeness (QED) is 0.850. The van der Waals surface area contributed by atoms with E-state index in [4.69, 9.17) is 10.5 Å². The highest BCUT2D eigenvalue weighted by Gasteiger charge is 2.14. The van der Waals surface area contributed by atoms with E-state index in [9.17, 15) is 0 Å². The van der Waals surface area contributed by atoms with E-state index in [1.807, 2.05) is 20.0 Å². The van der Waals surface area contributed by atoms with Gasteiger partial charge in [0.25, 0.3) is 0 Å². The number of aromatic nitrogens is 1. The summed E-state index contributed by atoms with van der Waals surface area (Å²) >= 11 is 0. The molecule has 90 valence electrons. The highest BCUT2D eigenvalue weighted by Crippen LogP contribution is 2.25. The minimum absolute atomic E-state index is 0.188. The second-order valence-corrected chi connectivity index (χ2v) is 4.59. The van der Waals surface area contributed by atoms with Crippen LogP contribution in [0.2, 0.25) is 0 Å². The topological polar surface area (TPSA) is 48.1 Å². The van der Waals surface area contributed by atoms with E-state index >= 15 is 0 Å². The molecule has 0 saturated heterocycles. The normalized spacial score (nSPS) is 14.6. The summed E-state index contributed by atoms with van der Waals surface area (Å²) in [5.41, 5.74) is 9.18. The molecule has 0 fully saturated rings. The van der Waals surface area contributed by atoms with E-state index in [-0.39, 0.29) is 6.04 Å². The molecule has 0 spiro atoms. The van der Waals surface area contributed by atoms with E-state index in [2.05, 4.69) is 18.8 Å². The van der Waals surface area contributed by atoms with Crippen molar-refractivity contribution in [3.63, 3.8) is 0 Å². The van der Waals surface area contributed by atoms with Crippen molar-refractivity contribution in [1.29, 1.82) is 0 Å². The van der Waals surface area contributed by atoms with Gasteiger partial charge in [-0.1, -0.05) is 6.92 Å². The summed E-state index contributed by atoms with van der Waals surface area (Å²) in [5.74, 6) is 1.38. The first-order chi connectivity index (χ1) is 7.47. The molecule has 2 atom stereocenters. The van der Waals surface area contributed by atoms with Crippen molar-refractivity contribution < 1.29 is 4.74 Å². The van der Waals surface area contributed by atoms with Gasteiger partial charge < -0.3 is 10.5 Å². The van der Waals surface area contributed by atoms with Crippen LogP contribution in [0.3, 0.4) is 0 Å². The van der Waals surface area contributed by atoms with Crippen molar-refractivity contribution in [2.75, 3.05) is 7.11 Å². The van der Waals surface area contributed by atoms with Crippen molar-refractivity contribution in [3.8, 4) is 5.75 Å². The average Bonchev–Trinajstić information content (AvgIpc) is 2.22. The second-order valence-electron chi connectivity index (χ2n) is 4.59. The molecule has 0 aliphatic rings. The van der Waals surface area contributed by atoms with Gasteiger partial charge in [0.2, 0.25) is 0 Å². The third-order valence-electron chi connectivity index (χ3n) is 3.16. The smallest absolute Gasteiger partial charge is 0.128 e. The van der Waals surface area contributed by atoms with Crippen LogP contribution in [0.25, 0.3) is 0 Å². The molecule has 2 unspecified atom stereocenters. The van der Waals surface area contributed by atoms with Gasteiger partial charge in [-0.2, -0.15) is 0 Å². The Morgan fingerprint density at radius 2 is 2.00 bits per heavy atom. The second kappa shape index (κ2) is 5.30. The van der Waals surface area contributed by atoms with Gasteiger partial charge in [-0.25, -0.2) is 0 Å². The number of ether oxygens (including phenoxy) is 1. The van der Waals surface area contributed by atoms with Crippen molar-refractivity contribution >= 4 is 0 Å². The standard InChI is InChI=1S/C13H22N2O/c1-8(11(4)14)6-12-10(3)13(16-5)9(2)7-15-12/h7-8,11H,6,14H2,1-5H3. The summed E-state index contributed by atoms with van der Waals surface area (Å²) < 4.78 is 5.39. The van der Waals surface area contributed by atoms with Crippen LogP contribution in [0, 0.1) is 19.8 Å². The fourth-order valence-electron chi connectivity index (χ4n) is 1.77. The van der Waals surface area contributed by atoms with Crippen LogP contribution in [-0.2, 0) is 6.42 Å². The van der Waals surface area contributed by atoms with Crippen molar-refractivity contribution in [2.24, 2.45) is 11.7 Å². The van der Waals surface area contributed by atoms with Gasteiger partial charge in [-0.15, -0.1) is 0 Å². The molecule has 1 rings (SSSR count). The molecule has 3 nitrogen and oxygen atoms in total. The molecular formula is C13H22N2O. The molecule has 1 aromatic rings. The minimum Gasteiger partial charge on any atom is -0.496 e. The third-order valence-corrected chi connectivity index (χ3v) is 3.16. The molecule has 2 N–H and O–H groups in total. The van der Waals surface area contributed by atoms with Crippen molar-refractivity contribution in [2.45, 2.75) is 40.2 Å². The molecule has 1 aromatic heterocycles. The van der Waals surface area contributed by atoms with Gasteiger partial charge in [-0.05, 0) is 33.1 Å². The lowest BCUT2D eigenvalue weighted by molar-refractivity contribution is 0.405. The molecule has 0 aliphatic carbocycles. The molecule has 1 heterocycles. The first-order valence-electron chi connectivity index (χ1n) is 5.72. The summed E-state index contributed by atoms with van der Waals surface area (Å²) in [7, 11) is 1.70. The lowest BCUT2D eigenvalue weighted by atomic mass is 9.96. The maximum absolute atomic E-state index is 5.88. The van der Waals surface area contributed by atoms with Crippen LogP contribution in [0.15, 0.2) is 6.20 Å². The molecule has 0 aromatic carbocycles. The SMILES string of the molecule is COc1c(C)cnc(CC(C)C(C)N)c1C. The Hall–Kier alpha value is -1.09. The third kappa shape index (κ3) is 2.73. The van der Waals surface area contributed by atoms with Crippen LogP contribution in [0.4, 0.5) is 0 Å². The molecule has 0 bridgehead atoms. The summed E-state index contributed by atoms with van der Waals surface area (Å²) in [5, 5.41) is 0. The lowest BCUT2D eigenvalue weighted by Gasteiger charge is -2.18. The van der Waals surface area contributed by atoms with Gasteiger partial charge in [0.15, 0.2) is 0 Å². The maximum Gasteiger partial charge on any atom is 0.128 e. The number of pyridine rings is 1. The molecule has 16 heavy (non-hydrogen) atoms. The molecule has 0 radical (unpaired) electrons. The zero-order valence-electron chi connectivity index (χ0n) is 10.9. The van der Waals surface area contributed by atoms with E-state index in [0.29, 0.717) is 5.92 Å². The summed E-state index contributed by atoms with van der Waals surface area (Å²) in [6, 6.07) is 0.188. The fourth-order valence-corrected chi connectivity index (χ4v) is 1.77. The monoisotopic (exact) mass is 222 g/mol. The Bertz CT molecular complexity index is 361. The van der Waals surface area contributed by atoms with E-state index < -0.39 is 0 Å². The fraction of sp³-hybridized carbons (Fsp3) is 0.615. The van der Waals surface area contributed by atoms with Crippen molar-refractivity contribution in [1.82, 2.24) is 4.98 Å². The highest BCUT2D eigenvalue weighted by atomic mass is 16.5. The highest BCUT2D eigenvalue weighted by molar-refractivity contribution is 5.41. The molecule has 0 saturated carbocycles. The van der Waals surface area contributed by atoms with Crippen LogP contribution in [0.1, 0.15) is 30.7 Å². The lowest BCUT2D eigenvalue weighted by Crippen LogP contribution is -2.26. The Morgan fingerprint density at radius 3 is 2.50 bits per heavy atom. The van der Waals surface area contributed by atoms with Gasteiger partial charge in [-0.3, -0.25) is 4.98 Å². The summed E-state index contributed by atoms with van der Waals surface area (Å²) in [4.78, 5) is 4.47. The van der Waals surface area contributed by atoms with E-state index in [1.54, 1.807) is 7.11 Å². The first kappa shape index (κ1) is 13.0. The molecular weight excluding hydrogens is 200 g/mol. The Labute approximate surface area is 98.0 Å². The van der Waals surface area contributed by atoms with E-state index in [0.717, 1.165) is 29.0 Å². The van der Waals surface area contributed by atoms with Crippen LogP contribution >= 0.6 is 0 Å². The average molecular weight is 222 g/mol. The largest absolute Gasteiger partial charge is 0.496 e. The number of nitrogens with zero attached hydrogens (tertiary/aromatic N) is 1. The number of hydrogen-bond acceptors (Lipinski definition) is 3. The Balaban J connectivity index is 2.98. The van der Waals surface area contributed by atoms with Crippen LogP contribution in [-0.4, -0.2) is 18.1 Å². The predicted molar refractivity (Wildman–Crippen MR) is 66.8 cm³/mol. The van der Waals surface area contributed by atoms with Crippen LogP contribution in [0.5, 0.6) is 5.75 Å². The first-order valence-corrected chi connectivity index (χ1v) is 5.72. The van der Waals surface area contributed by atoms with E-state index in [1.165, 1.54) is 0 Å². The van der Waals surface area contributed by atoms with Crippen molar-refractivity contribution in [3.05, 3.63) is 23.0 Å². The van der Waals surface area contributed by atoms with Gasteiger partial charge in [0.05, 0.1) is 7.11 Å². The summed E-state index contributed by atoms with van der Waals surface area (Å²) in [6.07, 6.45) is 2.77. The molecule has 3 heteroatoms. The zero-order chi connectivity index (χ0) is 12.3. The Morgan fingerprint density at radius 1 is 1.38 bits per heavy atom. The van der Waals surface area contributed by atoms with Gasteiger partial charge >= 0.3 is 0 Å². The maximum atomic E-state index is 5.88.